The summed E-state index contributed by atoms with van der Waals surface area (Å²) in [7, 11) is 0. The second kappa shape index (κ2) is 7.65. The normalized spacial score (nSPS) is 19.8. The van der Waals surface area contributed by atoms with Gasteiger partial charge in [-0.15, -0.1) is 0 Å². The first kappa shape index (κ1) is 19.7. The number of benzene rings is 1. The summed E-state index contributed by atoms with van der Waals surface area (Å²) >= 11 is 0. The number of hydrogen-bond donors (Lipinski definition) is 0. The summed E-state index contributed by atoms with van der Waals surface area (Å²) in [5, 5.41) is 0. The Morgan fingerprint density at radius 2 is 1.86 bits per heavy atom. The second-order valence-corrected chi connectivity index (χ2v) is 9.02. The van der Waals surface area contributed by atoms with E-state index in [0.29, 0.717) is 38.0 Å². The van der Waals surface area contributed by atoms with Gasteiger partial charge in [0.2, 0.25) is 5.91 Å². The average molecular weight is 396 g/mol. The highest BCUT2D eigenvalue weighted by Gasteiger charge is 2.37. The van der Waals surface area contributed by atoms with Gasteiger partial charge >= 0.3 is 0 Å². The molecule has 2 aliphatic heterocycles. The maximum Gasteiger partial charge on any atom is 0.254 e. The van der Waals surface area contributed by atoms with Gasteiger partial charge in [-0.1, -0.05) is 39.0 Å². The number of piperidine rings is 1. The van der Waals surface area contributed by atoms with Crippen molar-refractivity contribution in [3.8, 4) is 0 Å². The van der Waals surface area contributed by atoms with Crippen LogP contribution in [0.3, 0.4) is 0 Å². The van der Waals surface area contributed by atoms with Gasteiger partial charge in [0, 0.05) is 30.5 Å². The summed E-state index contributed by atoms with van der Waals surface area (Å²) in [5.74, 6) is 1.58. The molecule has 0 radical (unpaired) electrons. The predicted octanol–water partition coefficient (Wildman–Crippen LogP) is 3.55. The molecule has 6 nitrogen and oxygen atoms in total. The van der Waals surface area contributed by atoms with E-state index in [-0.39, 0.29) is 17.2 Å². The highest BCUT2D eigenvalue weighted by Crippen LogP contribution is 2.29. The third kappa shape index (κ3) is 3.93. The first-order valence-electron chi connectivity index (χ1n) is 10.5. The molecule has 6 heteroatoms. The highest BCUT2D eigenvalue weighted by molar-refractivity contribution is 5.97. The molecule has 0 N–H and O–H groups in total. The number of hydrogen-bond acceptors (Lipinski definition) is 4. The lowest BCUT2D eigenvalue weighted by molar-refractivity contribution is -0.138. The minimum absolute atomic E-state index is 0.0277. The molecule has 0 bridgehead atoms. The number of amides is 2. The Hall–Kier alpha value is -2.63. The zero-order valence-corrected chi connectivity index (χ0v) is 17.5. The van der Waals surface area contributed by atoms with E-state index in [0.717, 1.165) is 30.2 Å². The summed E-state index contributed by atoms with van der Waals surface area (Å²) in [6, 6.07) is 8.84. The zero-order valence-electron chi connectivity index (χ0n) is 17.5. The minimum atomic E-state index is -0.396. The lowest BCUT2D eigenvalue weighted by Crippen LogP contribution is -2.53. The lowest BCUT2D eigenvalue weighted by Gasteiger charge is -2.38. The Bertz CT molecular complexity index is 898. The Kier molecular flexibility index (Phi) is 5.19. The molecule has 1 atom stereocenters. The first-order chi connectivity index (χ1) is 13.8. The molecular weight excluding hydrogens is 366 g/mol. The van der Waals surface area contributed by atoms with E-state index in [1.165, 1.54) is 0 Å². The molecule has 1 aromatic carbocycles. The Labute approximate surface area is 171 Å². The van der Waals surface area contributed by atoms with Gasteiger partial charge in [0.25, 0.3) is 5.91 Å². The number of carbonyl (C=O) groups is 2. The first-order valence-corrected chi connectivity index (χ1v) is 10.5. The van der Waals surface area contributed by atoms with Crippen LogP contribution in [0, 0.1) is 0 Å². The van der Waals surface area contributed by atoms with E-state index >= 15 is 0 Å². The largest absolute Gasteiger partial charge is 0.445 e. The summed E-state index contributed by atoms with van der Waals surface area (Å²) in [4.78, 5) is 34.7. The molecule has 1 unspecified atom stereocenters. The van der Waals surface area contributed by atoms with Crippen LogP contribution < -0.4 is 0 Å². The van der Waals surface area contributed by atoms with E-state index in [4.69, 9.17) is 4.42 Å². The van der Waals surface area contributed by atoms with Crippen molar-refractivity contribution in [1.29, 1.82) is 0 Å². The monoisotopic (exact) mass is 395 g/mol. The van der Waals surface area contributed by atoms with Gasteiger partial charge in [0.05, 0.1) is 6.54 Å². The van der Waals surface area contributed by atoms with Gasteiger partial charge in [-0.2, -0.15) is 0 Å². The fourth-order valence-corrected chi connectivity index (χ4v) is 4.10. The van der Waals surface area contributed by atoms with Crippen molar-refractivity contribution in [2.75, 3.05) is 13.1 Å². The smallest absolute Gasteiger partial charge is 0.254 e. The molecule has 3 heterocycles. The molecule has 2 aliphatic rings. The molecule has 154 valence electrons. The van der Waals surface area contributed by atoms with Gasteiger partial charge in [-0.05, 0) is 31.4 Å². The molecule has 0 aliphatic carbocycles. The second-order valence-electron chi connectivity index (χ2n) is 9.02. The Balaban J connectivity index is 1.52. The number of rotatable bonds is 2. The predicted molar refractivity (Wildman–Crippen MR) is 109 cm³/mol. The number of carbonyl (C=O) groups excluding carboxylic acids is 2. The average Bonchev–Trinajstić information content (AvgIpc) is 3.17. The molecule has 1 aromatic heterocycles. The van der Waals surface area contributed by atoms with Crippen LogP contribution in [-0.2, 0) is 23.2 Å². The van der Waals surface area contributed by atoms with Crippen molar-refractivity contribution in [2.45, 2.75) is 64.5 Å². The molecule has 0 saturated carbocycles. The summed E-state index contributed by atoms with van der Waals surface area (Å²) in [5.41, 5.74) is 1.33. The third-order valence-corrected chi connectivity index (χ3v) is 5.75. The lowest BCUT2D eigenvalue weighted by atomic mass is 9.97. The van der Waals surface area contributed by atoms with Crippen LogP contribution in [0.4, 0.5) is 0 Å². The fraction of sp³-hybridized carbons (Fsp3) is 0.522. The third-order valence-electron chi connectivity index (χ3n) is 5.75. The van der Waals surface area contributed by atoms with Crippen LogP contribution in [0.5, 0.6) is 0 Å². The molecule has 2 amide bonds. The van der Waals surface area contributed by atoms with Gasteiger partial charge < -0.3 is 14.2 Å². The molecule has 29 heavy (non-hydrogen) atoms. The van der Waals surface area contributed by atoms with Gasteiger partial charge in [-0.3, -0.25) is 9.59 Å². The van der Waals surface area contributed by atoms with E-state index in [1.807, 2.05) is 35.2 Å². The summed E-state index contributed by atoms with van der Waals surface area (Å²) < 4.78 is 5.95. The van der Waals surface area contributed by atoms with Gasteiger partial charge in [0.1, 0.15) is 17.5 Å². The van der Waals surface area contributed by atoms with Crippen molar-refractivity contribution < 1.29 is 14.0 Å². The molecular formula is C23H29N3O3. The molecule has 0 spiro atoms. The minimum Gasteiger partial charge on any atom is -0.445 e. The van der Waals surface area contributed by atoms with Crippen molar-refractivity contribution in [3.05, 3.63) is 53.2 Å². The van der Waals surface area contributed by atoms with Crippen LogP contribution in [0.15, 0.2) is 34.7 Å². The van der Waals surface area contributed by atoms with Crippen molar-refractivity contribution in [3.63, 3.8) is 0 Å². The van der Waals surface area contributed by atoms with Crippen molar-refractivity contribution in [2.24, 2.45) is 0 Å². The van der Waals surface area contributed by atoms with Crippen LogP contribution in [0.1, 0.15) is 67.7 Å². The van der Waals surface area contributed by atoms with E-state index < -0.39 is 6.04 Å². The maximum atomic E-state index is 13.4. The molecule has 2 aromatic rings. The van der Waals surface area contributed by atoms with E-state index in [1.54, 1.807) is 4.90 Å². The molecule has 4 rings (SSSR count). The fourth-order valence-electron chi connectivity index (χ4n) is 4.10. The van der Waals surface area contributed by atoms with Crippen LogP contribution >= 0.6 is 0 Å². The number of oxazole rings is 1. The van der Waals surface area contributed by atoms with Crippen LogP contribution in [0.2, 0.25) is 0 Å². The standard InChI is InChI=1S/C23H29N3O3/c1-23(2,3)22-24-17-15-25(14-12-19(17)29-22)21(28)18-11-7-8-13-26(18)20(27)16-9-5-4-6-10-16/h4-6,9-10,18H,7-8,11-15H2,1-3H3. The maximum absolute atomic E-state index is 13.4. The van der Waals surface area contributed by atoms with E-state index in [2.05, 4.69) is 25.8 Å². The number of fused-ring (bicyclic) bond motifs is 1. The Morgan fingerprint density at radius 1 is 1.10 bits per heavy atom. The van der Waals surface area contributed by atoms with Crippen LogP contribution in [-0.4, -0.2) is 45.7 Å². The zero-order chi connectivity index (χ0) is 20.6. The number of nitrogens with zero attached hydrogens (tertiary/aromatic N) is 3. The molecule has 1 saturated heterocycles. The van der Waals surface area contributed by atoms with Gasteiger partial charge in [0.15, 0.2) is 5.89 Å². The van der Waals surface area contributed by atoms with Crippen LogP contribution in [0.25, 0.3) is 0 Å². The topological polar surface area (TPSA) is 66.7 Å². The summed E-state index contributed by atoms with van der Waals surface area (Å²) in [6.45, 7) is 7.90. The van der Waals surface area contributed by atoms with E-state index in [9.17, 15) is 9.59 Å². The summed E-state index contributed by atoms with van der Waals surface area (Å²) in [6.07, 6.45) is 3.28. The van der Waals surface area contributed by atoms with Gasteiger partial charge in [-0.25, -0.2) is 4.98 Å². The SMILES string of the molecule is CC(C)(C)c1nc2c(o1)CCN(C(=O)C1CCCCN1C(=O)c1ccccc1)C2. The van der Waals surface area contributed by atoms with Crippen molar-refractivity contribution >= 4 is 11.8 Å². The number of aromatic nitrogens is 1. The molecule has 1 fully saturated rings. The Morgan fingerprint density at radius 3 is 2.59 bits per heavy atom. The quantitative estimate of drug-likeness (QED) is 0.780. The highest BCUT2D eigenvalue weighted by atomic mass is 16.4. The number of likely N-dealkylation sites (tertiary alicyclic amines) is 1. The van der Waals surface area contributed by atoms with Crippen molar-refractivity contribution in [1.82, 2.24) is 14.8 Å².